The maximum atomic E-state index is 13.2. The fraction of sp³-hybridized carbons (Fsp3) is 0.280. The van der Waals surface area contributed by atoms with Gasteiger partial charge in [0.1, 0.15) is 11.1 Å². The SMILES string of the molecule is CCN(CC)C(=O)C(Cc1cnn(Cc2ccc(Cl)nc2)c1)C(=O)NS(=O)(=O)C=Cc1ccccc1. The molecule has 0 bridgehead atoms. The second-order valence-corrected chi connectivity index (χ2v) is 9.98. The molecule has 11 heteroatoms. The lowest BCUT2D eigenvalue weighted by molar-refractivity contribution is -0.141. The number of aromatic nitrogens is 3. The lowest BCUT2D eigenvalue weighted by atomic mass is 9.99. The first kappa shape index (κ1) is 27.1. The highest BCUT2D eigenvalue weighted by atomic mass is 35.5. The molecular formula is C25H28ClN5O4S. The Morgan fingerprint density at radius 3 is 2.44 bits per heavy atom. The van der Waals surface area contributed by atoms with Crippen LogP contribution in [0.25, 0.3) is 6.08 Å². The van der Waals surface area contributed by atoms with Gasteiger partial charge in [-0.2, -0.15) is 5.10 Å². The highest BCUT2D eigenvalue weighted by molar-refractivity contribution is 7.93. The number of nitrogens with one attached hydrogen (secondary N) is 1. The van der Waals surface area contributed by atoms with E-state index >= 15 is 0 Å². The molecule has 0 fully saturated rings. The Labute approximate surface area is 215 Å². The van der Waals surface area contributed by atoms with Crippen LogP contribution in [0.3, 0.4) is 0 Å². The average molecular weight is 530 g/mol. The summed E-state index contributed by atoms with van der Waals surface area (Å²) in [4.78, 5) is 31.8. The minimum Gasteiger partial charge on any atom is -0.343 e. The third-order valence-electron chi connectivity index (χ3n) is 5.43. The number of hydrogen-bond donors (Lipinski definition) is 1. The fourth-order valence-corrected chi connectivity index (χ4v) is 4.49. The summed E-state index contributed by atoms with van der Waals surface area (Å²) in [5.41, 5.74) is 2.16. The maximum absolute atomic E-state index is 13.2. The first-order chi connectivity index (χ1) is 17.2. The summed E-state index contributed by atoms with van der Waals surface area (Å²) < 4.78 is 28.8. The van der Waals surface area contributed by atoms with E-state index in [1.165, 1.54) is 11.0 Å². The average Bonchev–Trinajstić information content (AvgIpc) is 3.30. The topological polar surface area (TPSA) is 114 Å². The normalized spacial score (nSPS) is 12.4. The van der Waals surface area contributed by atoms with Crippen LogP contribution in [-0.2, 0) is 32.6 Å². The summed E-state index contributed by atoms with van der Waals surface area (Å²) in [5, 5.41) is 5.60. The summed E-state index contributed by atoms with van der Waals surface area (Å²) in [5.74, 6) is -2.58. The zero-order valence-corrected chi connectivity index (χ0v) is 21.6. The summed E-state index contributed by atoms with van der Waals surface area (Å²) in [7, 11) is -4.12. The predicted octanol–water partition coefficient (Wildman–Crippen LogP) is 3.12. The van der Waals surface area contributed by atoms with Gasteiger partial charge >= 0.3 is 0 Å². The molecule has 1 aromatic carbocycles. The molecule has 1 atom stereocenters. The van der Waals surface area contributed by atoms with Crippen LogP contribution < -0.4 is 4.72 Å². The molecule has 190 valence electrons. The third kappa shape index (κ3) is 7.76. The quantitative estimate of drug-likeness (QED) is 0.301. The molecule has 9 nitrogen and oxygen atoms in total. The summed E-state index contributed by atoms with van der Waals surface area (Å²) >= 11 is 5.83. The molecule has 0 aliphatic carbocycles. The van der Waals surface area contributed by atoms with E-state index in [-0.39, 0.29) is 6.42 Å². The Morgan fingerprint density at radius 1 is 1.08 bits per heavy atom. The van der Waals surface area contributed by atoms with Crippen LogP contribution in [0.4, 0.5) is 0 Å². The molecule has 3 aromatic rings. The van der Waals surface area contributed by atoms with Gasteiger partial charge in [0, 0.05) is 25.5 Å². The standard InChI is InChI=1S/C25H28ClN5O4S/c1-3-30(4-2)25(33)22(24(32)29-36(34,35)13-12-19-8-6-5-7-9-19)14-21-16-28-31(18-21)17-20-10-11-23(26)27-15-20/h5-13,15-16,18,22H,3-4,14,17H2,1-2H3,(H,29,32). The molecule has 2 heterocycles. The Hall–Kier alpha value is -3.50. The van der Waals surface area contributed by atoms with Crippen LogP contribution in [0.15, 0.2) is 66.5 Å². The van der Waals surface area contributed by atoms with E-state index in [1.54, 1.807) is 67.5 Å². The molecule has 3 rings (SSSR count). The highest BCUT2D eigenvalue weighted by Gasteiger charge is 2.32. The molecule has 0 aliphatic heterocycles. The van der Waals surface area contributed by atoms with Crippen molar-refractivity contribution in [3.63, 3.8) is 0 Å². The van der Waals surface area contributed by atoms with Crippen molar-refractivity contribution in [2.75, 3.05) is 13.1 Å². The molecule has 0 saturated heterocycles. The van der Waals surface area contributed by atoms with E-state index in [2.05, 4.69) is 10.1 Å². The number of benzene rings is 1. The van der Waals surface area contributed by atoms with E-state index in [0.29, 0.717) is 35.9 Å². The van der Waals surface area contributed by atoms with E-state index < -0.39 is 27.8 Å². The van der Waals surface area contributed by atoms with Crippen molar-refractivity contribution < 1.29 is 18.0 Å². The minimum absolute atomic E-state index is 0.00203. The van der Waals surface area contributed by atoms with Gasteiger partial charge in [0.2, 0.25) is 11.8 Å². The third-order valence-corrected chi connectivity index (χ3v) is 6.64. The number of nitrogens with zero attached hydrogens (tertiary/aromatic N) is 4. The molecule has 36 heavy (non-hydrogen) atoms. The Bertz CT molecular complexity index is 1300. The van der Waals surface area contributed by atoms with Gasteiger partial charge in [-0.15, -0.1) is 0 Å². The van der Waals surface area contributed by atoms with Gasteiger partial charge in [-0.1, -0.05) is 48.0 Å². The van der Waals surface area contributed by atoms with Gasteiger partial charge in [0.05, 0.1) is 18.1 Å². The smallest absolute Gasteiger partial charge is 0.257 e. The number of amides is 2. The van der Waals surface area contributed by atoms with Crippen LogP contribution in [0, 0.1) is 5.92 Å². The van der Waals surface area contributed by atoms with E-state index in [0.717, 1.165) is 11.0 Å². The van der Waals surface area contributed by atoms with Crippen molar-refractivity contribution in [3.8, 4) is 0 Å². The molecule has 0 saturated carbocycles. The molecule has 0 aliphatic rings. The minimum atomic E-state index is -4.12. The number of sulfonamides is 1. The molecule has 1 N–H and O–H groups in total. The monoisotopic (exact) mass is 529 g/mol. The fourth-order valence-electron chi connectivity index (χ4n) is 3.55. The first-order valence-corrected chi connectivity index (χ1v) is 13.3. The van der Waals surface area contributed by atoms with Crippen LogP contribution in [0.5, 0.6) is 0 Å². The lowest BCUT2D eigenvalue weighted by Gasteiger charge is -2.24. The predicted molar refractivity (Wildman–Crippen MR) is 138 cm³/mol. The molecule has 0 radical (unpaired) electrons. The second-order valence-electron chi connectivity index (χ2n) is 8.03. The largest absolute Gasteiger partial charge is 0.343 e. The van der Waals surface area contributed by atoms with E-state index in [9.17, 15) is 18.0 Å². The molecular weight excluding hydrogens is 502 g/mol. The Balaban J connectivity index is 1.77. The van der Waals surface area contributed by atoms with Gasteiger partial charge in [0.15, 0.2) is 0 Å². The van der Waals surface area contributed by atoms with Crippen molar-refractivity contribution in [2.45, 2.75) is 26.8 Å². The highest BCUT2D eigenvalue weighted by Crippen LogP contribution is 2.15. The molecule has 2 aromatic heterocycles. The van der Waals surface area contributed by atoms with Crippen molar-refractivity contribution in [2.24, 2.45) is 5.92 Å². The molecule has 0 spiro atoms. The van der Waals surface area contributed by atoms with Crippen LogP contribution >= 0.6 is 11.6 Å². The zero-order chi connectivity index (χ0) is 26.1. The lowest BCUT2D eigenvalue weighted by Crippen LogP contribution is -2.45. The van der Waals surface area contributed by atoms with Crippen molar-refractivity contribution >= 4 is 39.5 Å². The van der Waals surface area contributed by atoms with Crippen LogP contribution in [0.2, 0.25) is 5.15 Å². The summed E-state index contributed by atoms with van der Waals surface area (Å²) in [6, 6.07) is 12.3. The number of carbonyl (C=O) groups is 2. The Morgan fingerprint density at radius 2 is 1.81 bits per heavy atom. The second kappa shape index (κ2) is 12.5. The van der Waals surface area contributed by atoms with Crippen molar-refractivity contribution in [3.05, 3.63) is 88.3 Å². The molecule has 2 amide bonds. The number of halogens is 1. The van der Waals surface area contributed by atoms with Gasteiger partial charge in [-0.05, 0) is 49.1 Å². The summed E-state index contributed by atoms with van der Waals surface area (Å²) in [6.45, 7) is 4.80. The molecule has 1 unspecified atom stereocenters. The number of rotatable bonds is 11. The van der Waals surface area contributed by atoms with Gasteiger partial charge < -0.3 is 4.90 Å². The number of pyridine rings is 1. The van der Waals surface area contributed by atoms with Gasteiger partial charge in [0.25, 0.3) is 10.0 Å². The number of hydrogen-bond acceptors (Lipinski definition) is 6. The van der Waals surface area contributed by atoms with Crippen LogP contribution in [0.1, 0.15) is 30.5 Å². The van der Waals surface area contributed by atoms with E-state index in [4.69, 9.17) is 11.6 Å². The first-order valence-electron chi connectivity index (χ1n) is 11.4. The van der Waals surface area contributed by atoms with Crippen molar-refractivity contribution in [1.29, 1.82) is 0 Å². The Kier molecular flexibility index (Phi) is 9.38. The van der Waals surface area contributed by atoms with Gasteiger partial charge in [-0.3, -0.25) is 14.3 Å². The van der Waals surface area contributed by atoms with E-state index in [1.807, 2.05) is 16.9 Å². The van der Waals surface area contributed by atoms with Gasteiger partial charge in [-0.25, -0.2) is 18.1 Å². The number of carbonyl (C=O) groups excluding carboxylic acids is 2. The zero-order valence-electron chi connectivity index (χ0n) is 20.0. The summed E-state index contributed by atoms with van der Waals surface area (Å²) in [6.07, 6.45) is 6.29. The van der Waals surface area contributed by atoms with Crippen molar-refractivity contribution in [1.82, 2.24) is 24.4 Å². The van der Waals surface area contributed by atoms with Crippen LogP contribution in [-0.4, -0.2) is 53.0 Å². The maximum Gasteiger partial charge on any atom is 0.257 e.